The maximum absolute atomic E-state index is 2.36. The summed E-state index contributed by atoms with van der Waals surface area (Å²) in [5.74, 6) is 0. The molecule has 0 saturated heterocycles. The van der Waals surface area contributed by atoms with Crippen molar-refractivity contribution in [2.75, 3.05) is 0 Å². The number of hydrogen-bond acceptors (Lipinski definition) is 0. The molecule has 1 aliphatic carbocycles. The molecule has 0 bridgehead atoms. The predicted octanol–water partition coefficient (Wildman–Crippen LogP) is 14.1. The van der Waals surface area contributed by atoms with E-state index < -0.39 is 0 Å². The van der Waals surface area contributed by atoms with E-state index in [4.69, 9.17) is 0 Å². The van der Waals surface area contributed by atoms with Crippen LogP contribution in [-0.2, 0) is 11.8 Å². The lowest BCUT2D eigenvalue weighted by Gasteiger charge is -2.20. The Kier molecular flexibility index (Phi) is 6.61. The molecular formula is C51H38. The number of fused-ring (bicyclic) bond motifs is 3. The first kappa shape index (κ1) is 29.9. The van der Waals surface area contributed by atoms with Gasteiger partial charge in [-0.15, -0.1) is 0 Å². The molecule has 0 N–H and O–H groups in total. The second-order valence-corrected chi connectivity index (χ2v) is 15.3. The minimum Gasteiger partial charge on any atom is -0.0619 e. The van der Waals surface area contributed by atoms with Gasteiger partial charge < -0.3 is 0 Å². The molecule has 10 rings (SSSR count). The SMILES string of the molecule is CC(C)(C)c1ccc(-c2ccc3ccc4c(-c5ccc(-c6cccc(-c7cccc8c7Cc7ccccc7-8)c6)cc5)ccc5ccc2c3c54)cc1. The van der Waals surface area contributed by atoms with Gasteiger partial charge in [0.15, 0.2) is 0 Å². The van der Waals surface area contributed by atoms with E-state index in [9.17, 15) is 0 Å². The lowest BCUT2D eigenvalue weighted by Crippen LogP contribution is -2.10. The smallest absolute Gasteiger partial charge is 0.000729 e. The summed E-state index contributed by atoms with van der Waals surface area (Å²) in [4.78, 5) is 0. The van der Waals surface area contributed by atoms with Crippen LogP contribution in [0.2, 0.25) is 0 Å². The molecule has 0 unspecified atom stereocenters. The summed E-state index contributed by atoms with van der Waals surface area (Å²) in [6.07, 6.45) is 0.992. The normalized spacial score (nSPS) is 12.5. The molecule has 0 atom stereocenters. The molecule has 0 saturated carbocycles. The lowest BCUT2D eigenvalue weighted by molar-refractivity contribution is 0.590. The molecule has 9 aromatic rings. The third-order valence-electron chi connectivity index (χ3n) is 11.3. The monoisotopic (exact) mass is 650 g/mol. The first-order chi connectivity index (χ1) is 24.9. The molecule has 0 amide bonds. The second-order valence-electron chi connectivity index (χ2n) is 15.3. The first-order valence-corrected chi connectivity index (χ1v) is 18.1. The fourth-order valence-corrected chi connectivity index (χ4v) is 8.59. The Morgan fingerprint density at radius 1 is 0.373 bits per heavy atom. The van der Waals surface area contributed by atoms with Crippen molar-refractivity contribution < 1.29 is 0 Å². The van der Waals surface area contributed by atoms with Crippen molar-refractivity contribution >= 4 is 32.3 Å². The number of rotatable bonds is 4. The summed E-state index contributed by atoms with van der Waals surface area (Å²) in [6, 6.07) is 61.4. The van der Waals surface area contributed by atoms with Crippen molar-refractivity contribution in [1.29, 1.82) is 0 Å². The van der Waals surface area contributed by atoms with Crippen LogP contribution in [0, 0.1) is 0 Å². The van der Waals surface area contributed by atoms with Crippen LogP contribution in [-0.4, -0.2) is 0 Å². The number of hydrogen-bond donors (Lipinski definition) is 0. The van der Waals surface area contributed by atoms with Gasteiger partial charge in [0.25, 0.3) is 0 Å². The van der Waals surface area contributed by atoms with Gasteiger partial charge in [-0.25, -0.2) is 0 Å². The Hall–Kier alpha value is -5.98. The van der Waals surface area contributed by atoms with E-state index in [1.54, 1.807) is 0 Å². The van der Waals surface area contributed by atoms with E-state index in [-0.39, 0.29) is 5.41 Å². The fraction of sp³-hybridized carbons (Fsp3) is 0.0980. The highest BCUT2D eigenvalue weighted by atomic mass is 14.3. The van der Waals surface area contributed by atoms with Crippen LogP contribution in [0.15, 0.2) is 164 Å². The molecule has 9 aromatic carbocycles. The van der Waals surface area contributed by atoms with Gasteiger partial charge in [-0.2, -0.15) is 0 Å². The summed E-state index contributed by atoms with van der Waals surface area (Å²) in [5, 5.41) is 7.90. The molecule has 0 nitrogen and oxygen atoms in total. The van der Waals surface area contributed by atoms with Crippen molar-refractivity contribution in [3.05, 3.63) is 180 Å². The van der Waals surface area contributed by atoms with E-state index in [2.05, 4.69) is 185 Å². The lowest BCUT2D eigenvalue weighted by atomic mass is 9.85. The average molecular weight is 651 g/mol. The van der Waals surface area contributed by atoms with Crippen LogP contribution < -0.4 is 0 Å². The van der Waals surface area contributed by atoms with Crippen molar-refractivity contribution in [3.8, 4) is 55.6 Å². The van der Waals surface area contributed by atoms with Crippen LogP contribution in [0.4, 0.5) is 0 Å². The van der Waals surface area contributed by atoms with Crippen molar-refractivity contribution in [2.24, 2.45) is 0 Å². The van der Waals surface area contributed by atoms with Crippen molar-refractivity contribution in [1.82, 2.24) is 0 Å². The molecule has 0 aromatic heterocycles. The molecule has 0 fully saturated rings. The molecule has 0 spiro atoms. The minimum absolute atomic E-state index is 0.135. The molecule has 51 heavy (non-hydrogen) atoms. The zero-order chi connectivity index (χ0) is 34.3. The Labute approximate surface area is 300 Å². The highest BCUT2D eigenvalue weighted by Crippen LogP contribution is 2.44. The molecule has 0 radical (unpaired) electrons. The maximum atomic E-state index is 2.36. The zero-order valence-corrected chi connectivity index (χ0v) is 29.3. The van der Waals surface area contributed by atoms with Crippen LogP contribution >= 0.6 is 0 Å². The topological polar surface area (TPSA) is 0 Å². The summed E-state index contributed by atoms with van der Waals surface area (Å²) < 4.78 is 0. The fourth-order valence-electron chi connectivity index (χ4n) is 8.59. The van der Waals surface area contributed by atoms with E-state index in [1.165, 1.54) is 105 Å². The van der Waals surface area contributed by atoms with Crippen LogP contribution in [0.25, 0.3) is 88.0 Å². The van der Waals surface area contributed by atoms with E-state index in [0.29, 0.717) is 0 Å². The Bertz CT molecular complexity index is 2770. The summed E-state index contributed by atoms with van der Waals surface area (Å²) in [5.41, 5.74) is 17.3. The minimum atomic E-state index is 0.135. The quantitative estimate of drug-likeness (QED) is 0.166. The van der Waals surface area contributed by atoms with Crippen LogP contribution in [0.3, 0.4) is 0 Å². The third-order valence-corrected chi connectivity index (χ3v) is 11.3. The van der Waals surface area contributed by atoms with Gasteiger partial charge in [-0.05, 0) is 123 Å². The molecule has 1 aliphatic rings. The zero-order valence-electron chi connectivity index (χ0n) is 29.3. The highest BCUT2D eigenvalue weighted by molar-refractivity contribution is 6.27. The summed E-state index contributed by atoms with van der Waals surface area (Å²) in [7, 11) is 0. The van der Waals surface area contributed by atoms with Crippen molar-refractivity contribution in [3.63, 3.8) is 0 Å². The molecule has 242 valence electrons. The van der Waals surface area contributed by atoms with E-state index in [0.717, 1.165) is 6.42 Å². The third kappa shape index (κ3) is 4.82. The van der Waals surface area contributed by atoms with Gasteiger partial charge in [0.1, 0.15) is 0 Å². The highest BCUT2D eigenvalue weighted by Gasteiger charge is 2.21. The Morgan fingerprint density at radius 2 is 0.902 bits per heavy atom. The average Bonchev–Trinajstić information content (AvgIpc) is 3.56. The van der Waals surface area contributed by atoms with Gasteiger partial charge in [0.2, 0.25) is 0 Å². The Morgan fingerprint density at radius 3 is 1.57 bits per heavy atom. The van der Waals surface area contributed by atoms with Gasteiger partial charge in [0.05, 0.1) is 0 Å². The van der Waals surface area contributed by atoms with E-state index in [1.807, 2.05) is 0 Å². The largest absolute Gasteiger partial charge is 0.0619 e. The number of benzene rings is 9. The van der Waals surface area contributed by atoms with Crippen LogP contribution in [0.5, 0.6) is 0 Å². The molecule has 0 aliphatic heterocycles. The summed E-state index contributed by atoms with van der Waals surface area (Å²) >= 11 is 0. The molecule has 0 heteroatoms. The first-order valence-electron chi connectivity index (χ1n) is 18.1. The van der Waals surface area contributed by atoms with Gasteiger partial charge in [-0.1, -0.05) is 178 Å². The van der Waals surface area contributed by atoms with E-state index >= 15 is 0 Å². The second kappa shape index (κ2) is 11.3. The predicted molar refractivity (Wildman–Crippen MR) is 219 cm³/mol. The Balaban J connectivity index is 1.02. The molecular weight excluding hydrogens is 613 g/mol. The van der Waals surface area contributed by atoms with Gasteiger partial charge in [-0.3, -0.25) is 0 Å². The van der Waals surface area contributed by atoms with Gasteiger partial charge in [0, 0.05) is 0 Å². The maximum Gasteiger partial charge on any atom is -0.000729 e. The van der Waals surface area contributed by atoms with Crippen molar-refractivity contribution in [2.45, 2.75) is 32.6 Å². The summed E-state index contributed by atoms with van der Waals surface area (Å²) in [6.45, 7) is 6.82. The van der Waals surface area contributed by atoms with Crippen LogP contribution in [0.1, 0.15) is 37.5 Å². The molecule has 0 heterocycles. The standard InChI is InChI=1S/C51H38/c1-51(2,3)40-24-18-34(19-25-40)44-27-21-36-22-28-46-43(26-20-35-23-29-47(44)50(36)49(35)46)33-16-14-32(15-17-33)37-9-6-10-38(30-37)42-12-7-13-45-41-11-5-4-8-39(41)31-48(42)45/h4-30H,31H2,1-3H3. The van der Waals surface area contributed by atoms with Gasteiger partial charge >= 0.3 is 0 Å².